The van der Waals surface area contributed by atoms with Crippen molar-refractivity contribution in [2.75, 3.05) is 0 Å². The molecule has 0 aliphatic heterocycles. The van der Waals surface area contributed by atoms with Gasteiger partial charge in [0.2, 0.25) is 0 Å². The van der Waals surface area contributed by atoms with Crippen molar-refractivity contribution in [3.05, 3.63) is 121 Å². The van der Waals surface area contributed by atoms with E-state index in [9.17, 15) is 5.11 Å². The van der Waals surface area contributed by atoms with Crippen LogP contribution in [0.2, 0.25) is 0 Å². The van der Waals surface area contributed by atoms with Crippen molar-refractivity contribution in [2.24, 2.45) is 0 Å². The SMILES string of the molecule is Oc1ccc(-c2ccc3c(c2)c2ccccc2n3-c2ccccc2)c2ccc3ccccc3c12. The lowest BCUT2D eigenvalue weighted by molar-refractivity contribution is 0.482. The first-order chi connectivity index (χ1) is 16.8. The average molecular weight is 436 g/mol. The third-order valence-corrected chi connectivity index (χ3v) is 6.88. The molecule has 0 aliphatic carbocycles. The maximum absolute atomic E-state index is 10.8. The molecule has 2 nitrogen and oxygen atoms in total. The zero-order valence-electron chi connectivity index (χ0n) is 18.4. The lowest BCUT2D eigenvalue weighted by Crippen LogP contribution is -1.92. The number of aromatic hydroxyl groups is 1. The largest absolute Gasteiger partial charge is 0.507 e. The Hall–Kier alpha value is -4.56. The Morgan fingerprint density at radius 3 is 2.12 bits per heavy atom. The summed E-state index contributed by atoms with van der Waals surface area (Å²) in [6.07, 6.45) is 0. The molecule has 0 bridgehead atoms. The van der Waals surface area contributed by atoms with Crippen LogP contribution in [0.5, 0.6) is 5.75 Å². The summed E-state index contributed by atoms with van der Waals surface area (Å²) in [5.41, 5.74) is 5.80. The molecule has 6 aromatic carbocycles. The zero-order chi connectivity index (χ0) is 22.6. The van der Waals surface area contributed by atoms with Crippen LogP contribution in [-0.4, -0.2) is 9.67 Å². The normalized spacial score (nSPS) is 11.6. The van der Waals surface area contributed by atoms with Gasteiger partial charge in [0, 0.05) is 21.8 Å². The Bertz CT molecular complexity index is 1860. The van der Waals surface area contributed by atoms with E-state index < -0.39 is 0 Å². The number of aromatic nitrogens is 1. The second-order valence-electron chi connectivity index (χ2n) is 8.76. The molecule has 0 aliphatic rings. The summed E-state index contributed by atoms with van der Waals surface area (Å²) in [5.74, 6) is 0.317. The monoisotopic (exact) mass is 435 g/mol. The number of rotatable bonds is 2. The van der Waals surface area contributed by atoms with Crippen LogP contribution in [0.25, 0.3) is 60.2 Å². The summed E-state index contributed by atoms with van der Waals surface area (Å²) in [6.45, 7) is 0. The first-order valence-electron chi connectivity index (χ1n) is 11.5. The number of hydrogen-bond donors (Lipinski definition) is 1. The molecule has 1 N–H and O–H groups in total. The maximum atomic E-state index is 10.8. The van der Waals surface area contributed by atoms with Crippen LogP contribution >= 0.6 is 0 Å². The van der Waals surface area contributed by atoms with Gasteiger partial charge in [-0.3, -0.25) is 0 Å². The second kappa shape index (κ2) is 7.23. The number of nitrogens with zero attached hydrogens (tertiary/aromatic N) is 1. The van der Waals surface area contributed by atoms with Gasteiger partial charge in [0.25, 0.3) is 0 Å². The van der Waals surface area contributed by atoms with E-state index in [1.807, 2.05) is 24.3 Å². The highest BCUT2D eigenvalue weighted by atomic mass is 16.3. The zero-order valence-corrected chi connectivity index (χ0v) is 18.4. The molecule has 0 spiro atoms. The fourth-order valence-electron chi connectivity index (χ4n) is 5.35. The molecule has 7 rings (SSSR count). The van der Waals surface area contributed by atoms with Crippen LogP contribution in [-0.2, 0) is 0 Å². The van der Waals surface area contributed by atoms with Gasteiger partial charge < -0.3 is 9.67 Å². The van der Waals surface area contributed by atoms with Gasteiger partial charge in [-0.1, -0.05) is 84.9 Å². The highest BCUT2D eigenvalue weighted by molar-refractivity contribution is 6.16. The fraction of sp³-hybridized carbons (Fsp3) is 0. The van der Waals surface area contributed by atoms with Crippen molar-refractivity contribution < 1.29 is 5.11 Å². The number of phenolic OH excluding ortho intramolecular Hbond substituents is 1. The van der Waals surface area contributed by atoms with Crippen LogP contribution in [0.1, 0.15) is 0 Å². The van der Waals surface area contributed by atoms with Gasteiger partial charge in [0.15, 0.2) is 0 Å². The molecule has 2 heteroatoms. The van der Waals surface area contributed by atoms with Crippen LogP contribution < -0.4 is 0 Å². The Morgan fingerprint density at radius 1 is 0.500 bits per heavy atom. The van der Waals surface area contributed by atoms with Crippen molar-refractivity contribution in [3.63, 3.8) is 0 Å². The fourth-order valence-corrected chi connectivity index (χ4v) is 5.35. The van der Waals surface area contributed by atoms with Crippen molar-refractivity contribution in [1.29, 1.82) is 0 Å². The van der Waals surface area contributed by atoms with E-state index in [1.54, 1.807) is 0 Å². The Morgan fingerprint density at radius 2 is 1.24 bits per heavy atom. The summed E-state index contributed by atoms with van der Waals surface area (Å²) < 4.78 is 2.33. The van der Waals surface area contributed by atoms with Crippen LogP contribution in [0.4, 0.5) is 0 Å². The molecule has 7 aromatic rings. The van der Waals surface area contributed by atoms with Crippen LogP contribution in [0.15, 0.2) is 121 Å². The molecule has 0 saturated heterocycles. The van der Waals surface area contributed by atoms with E-state index in [-0.39, 0.29) is 0 Å². The standard InChI is InChI=1S/C32H21NO/c34-31-19-17-24(27-16-14-21-8-4-5-11-25(21)32(27)31)22-15-18-30-28(20-22)26-12-6-7-13-29(26)33(30)23-9-2-1-3-10-23/h1-20,34H. The van der Waals surface area contributed by atoms with E-state index in [0.717, 1.165) is 38.4 Å². The topological polar surface area (TPSA) is 25.2 Å². The Kier molecular flexibility index (Phi) is 4.03. The van der Waals surface area contributed by atoms with Gasteiger partial charge >= 0.3 is 0 Å². The minimum atomic E-state index is 0.317. The number of fused-ring (bicyclic) bond motifs is 6. The summed E-state index contributed by atoms with van der Waals surface area (Å²) in [6, 6.07) is 42.2. The van der Waals surface area contributed by atoms with E-state index in [0.29, 0.717) is 5.75 Å². The molecule has 0 unspecified atom stereocenters. The molecule has 1 aromatic heterocycles. The Labute approximate surface area is 196 Å². The van der Waals surface area contributed by atoms with Gasteiger partial charge in [0.05, 0.1) is 11.0 Å². The highest BCUT2D eigenvalue weighted by Gasteiger charge is 2.15. The van der Waals surface area contributed by atoms with Crippen molar-refractivity contribution in [2.45, 2.75) is 0 Å². The molecule has 1 heterocycles. The summed E-state index contributed by atoms with van der Waals surface area (Å²) >= 11 is 0. The number of benzene rings is 6. The predicted octanol–water partition coefficient (Wildman–Crippen LogP) is 8.46. The lowest BCUT2D eigenvalue weighted by Gasteiger charge is -2.12. The van der Waals surface area contributed by atoms with Crippen molar-refractivity contribution in [1.82, 2.24) is 4.57 Å². The third-order valence-electron chi connectivity index (χ3n) is 6.88. The van der Waals surface area contributed by atoms with Crippen molar-refractivity contribution in [3.8, 4) is 22.6 Å². The number of para-hydroxylation sites is 2. The molecular weight excluding hydrogens is 414 g/mol. The third kappa shape index (κ3) is 2.69. The minimum Gasteiger partial charge on any atom is -0.507 e. The quantitative estimate of drug-likeness (QED) is 0.271. The highest BCUT2D eigenvalue weighted by Crippen LogP contribution is 2.40. The number of phenols is 1. The summed E-state index contributed by atoms with van der Waals surface area (Å²) in [4.78, 5) is 0. The molecule has 0 radical (unpaired) electrons. The predicted molar refractivity (Wildman–Crippen MR) is 143 cm³/mol. The maximum Gasteiger partial charge on any atom is 0.124 e. The van der Waals surface area contributed by atoms with E-state index in [4.69, 9.17) is 0 Å². The lowest BCUT2D eigenvalue weighted by atomic mass is 9.93. The molecular formula is C32H21NO. The van der Waals surface area contributed by atoms with Gasteiger partial charge in [-0.05, 0) is 63.7 Å². The van der Waals surface area contributed by atoms with Gasteiger partial charge in [-0.15, -0.1) is 0 Å². The van der Waals surface area contributed by atoms with E-state index in [1.165, 1.54) is 21.8 Å². The Balaban J connectivity index is 1.54. The molecule has 0 saturated carbocycles. The smallest absolute Gasteiger partial charge is 0.124 e. The number of hydrogen-bond acceptors (Lipinski definition) is 1. The molecule has 0 fully saturated rings. The van der Waals surface area contributed by atoms with Crippen LogP contribution in [0.3, 0.4) is 0 Å². The van der Waals surface area contributed by atoms with Gasteiger partial charge in [0.1, 0.15) is 5.75 Å². The average Bonchev–Trinajstić information content (AvgIpc) is 3.23. The van der Waals surface area contributed by atoms with E-state index >= 15 is 0 Å². The second-order valence-corrected chi connectivity index (χ2v) is 8.76. The van der Waals surface area contributed by atoms with Gasteiger partial charge in [-0.25, -0.2) is 0 Å². The van der Waals surface area contributed by atoms with Crippen molar-refractivity contribution >= 4 is 43.4 Å². The van der Waals surface area contributed by atoms with Gasteiger partial charge in [-0.2, -0.15) is 0 Å². The molecule has 0 atom stereocenters. The first-order valence-corrected chi connectivity index (χ1v) is 11.5. The summed E-state index contributed by atoms with van der Waals surface area (Å²) in [5, 5.41) is 17.4. The molecule has 160 valence electrons. The minimum absolute atomic E-state index is 0.317. The molecule has 34 heavy (non-hydrogen) atoms. The first kappa shape index (κ1) is 19.0. The molecule has 0 amide bonds. The summed E-state index contributed by atoms with van der Waals surface area (Å²) in [7, 11) is 0. The van der Waals surface area contributed by atoms with Crippen LogP contribution in [0, 0.1) is 0 Å². The van der Waals surface area contributed by atoms with E-state index in [2.05, 4.69) is 102 Å².